The van der Waals surface area contributed by atoms with Crippen LogP contribution in [0.2, 0.25) is 0 Å². The molecule has 0 aliphatic carbocycles. The number of fused-ring (bicyclic) bond motifs is 18. The summed E-state index contributed by atoms with van der Waals surface area (Å²) in [7, 11) is 0. The van der Waals surface area contributed by atoms with Crippen LogP contribution < -0.4 is 0 Å². The van der Waals surface area contributed by atoms with Gasteiger partial charge in [0, 0.05) is 117 Å². The Balaban J connectivity index is 0.000000118. The van der Waals surface area contributed by atoms with Crippen molar-refractivity contribution in [3.63, 3.8) is 0 Å². The van der Waals surface area contributed by atoms with E-state index in [-0.39, 0.29) is 20.1 Å². The maximum absolute atomic E-state index is 4.78. The van der Waals surface area contributed by atoms with E-state index in [4.69, 9.17) is 15.0 Å². The zero-order chi connectivity index (χ0) is 85.7. The molecule has 12 aromatic carbocycles. The molecule has 0 aliphatic rings. The molecule has 3 unspecified atom stereocenters. The average molecular weight is 1820 g/mol. The van der Waals surface area contributed by atoms with Gasteiger partial charge in [-0.3, -0.25) is 19.6 Å². The van der Waals surface area contributed by atoms with E-state index in [0.29, 0.717) is 11.8 Å². The minimum atomic E-state index is 0. The number of pyridine rings is 4. The fraction of sp³-hybridized carbons (Fsp3) is 0.184. The van der Waals surface area contributed by atoms with Gasteiger partial charge >= 0.3 is 0 Å². The van der Waals surface area contributed by atoms with Crippen LogP contribution in [0.3, 0.4) is 0 Å². The molecule has 22 rings (SSSR count). The SMILES string of the molecule is CCC(C)Cc1cc(-n2c3ccccc3c3ncccc32)cc(-n2c3ccccc3c3ncccc32)c1.CCC(C)Cc1cc(C)c(-c2cnn(-c3[c-]cccc3)c2)c(C)c1.CCC(C)Cc1ccc(-c2cc(-n3c4ccccc4c4ccccc43)cc(-n3c4ccccc4c4ccccc43)c2)cc1.Cc1c[c-]c2c(n1)c1c(C)ccc(C)c1n1cc(C)nc21.[Ir]. The van der Waals surface area contributed by atoms with Crippen LogP contribution in [0.4, 0.5) is 0 Å². The van der Waals surface area contributed by atoms with Crippen molar-refractivity contribution in [2.45, 2.75) is 122 Å². The minimum Gasteiger partial charge on any atom is -0.348 e. The van der Waals surface area contributed by atoms with Gasteiger partial charge in [0.05, 0.1) is 67.0 Å². The van der Waals surface area contributed by atoms with Gasteiger partial charge in [-0.2, -0.15) is 29.4 Å². The molecule has 1 radical (unpaired) electrons. The molecule has 0 N–H and O–H groups in total. The Morgan fingerprint density at radius 1 is 0.349 bits per heavy atom. The Hall–Kier alpha value is -13.6. The Kier molecular flexibility index (Phi) is 23.5. The van der Waals surface area contributed by atoms with Gasteiger partial charge in [-0.1, -0.05) is 231 Å². The number of nitrogens with zero attached hydrogens (tertiary/aromatic N) is 11. The number of para-hydroxylation sites is 7. The average Bonchev–Trinajstić information content (AvgIpc) is 1.36. The zero-order valence-electron chi connectivity index (χ0n) is 73.7. The summed E-state index contributed by atoms with van der Waals surface area (Å²) in [6, 6.07) is 109. The largest absolute Gasteiger partial charge is 0.348 e. The van der Waals surface area contributed by atoms with Gasteiger partial charge in [-0.15, -0.1) is 18.2 Å². The summed E-state index contributed by atoms with van der Waals surface area (Å²) in [5.74, 6) is 2.01. The van der Waals surface area contributed by atoms with Gasteiger partial charge in [0.2, 0.25) is 0 Å². The van der Waals surface area contributed by atoms with E-state index in [0.717, 1.165) is 116 Å². The van der Waals surface area contributed by atoms with E-state index in [1.807, 2.05) is 79.6 Å². The second-order valence-corrected chi connectivity index (χ2v) is 34.4. The molecule has 10 heterocycles. The smallest absolute Gasteiger partial charge is 0.0963 e. The van der Waals surface area contributed by atoms with E-state index in [1.165, 1.54) is 145 Å². The summed E-state index contributed by atoms with van der Waals surface area (Å²) in [6.07, 6.45) is 16.8. The minimum absolute atomic E-state index is 0. The summed E-state index contributed by atoms with van der Waals surface area (Å²) in [5, 5.41) is 14.2. The third-order valence-corrected chi connectivity index (χ3v) is 25.5. The molecule has 0 bridgehead atoms. The second kappa shape index (κ2) is 35.5. The molecule has 625 valence electrons. The van der Waals surface area contributed by atoms with Crippen LogP contribution in [0.15, 0.2) is 316 Å². The normalized spacial score (nSPS) is 12.3. The van der Waals surface area contributed by atoms with Crippen LogP contribution in [0.25, 0.3) is 166 Å². The fourth-order valence-corrected chi connectivity index (χ4v) is 18.9. The molecule has 11 nitrogen and oxygen atoms in total. The van der Waals surface area contributed by atoms with Crippen molar-refractivity contribution in [2.24, 2.45) is 17.8 Å². The molecule has 10 aromatic heterocycles. The Labute approximate surface area is 750 Å². The van der Waals surface area contributed by atoms with Gasteiger partial charge in [0.1, 0.15) is 0 Å². The third-order valence-electron chi connectivity index (χ3n) is 25.5. The molecule has 0 fully saturated rings. The first kappa shape index (κ1) is 83.3. The topological polar surface area (TPSA) is 93.5 Å². The van der Waals surface area contributed by atoms with Crippen molar-refractivity contribution in [2.75, 3.05) is 0 Å². The van der Waals surface area contributed by atoms with E-state index in [2.05, 4.69) is 369 Å². The predicted octanol–water partition coefficient (Wildman–Crippen LogP) is 29.0. The first-order valence-corrected chi connectivity index (χ1v) is 44.3. The number of imidazole rings is 1. The van der Waals surface area contributed by atoms with E-state index in [9.17, 15) is 0 Å². The summed E-state index contributed by atoms with van der Waals surface area (Å²) < 4.78 is 13.7. The predicted molar refractivity (Wildman–Crippen MR) is 524 cm³/mol. The van der Waals surface area contributed by atoms with Crippen LogP contribution in [0, 0.1) is 71.4 Å². The molecule has 0 spiro atoms. The third kappa shape index (κ3) is 15.8. The monoisotopic (exact) mass is 1820 g/mol. The number of hydrogen-bond donors (Lipinski definition) is 0. The first-order chi connectivity index (χ1) is 61.1. The van der Waals surface area contributed by atoms with Gasteiger partial charge in [0.15, 0.2) is 0 Å². The summed E-state index contributed by atoms with van der Waals surface area (Å²) in [5.41, 5.74) is 36.5. The summed E-state index contributed by atoms with van der Waals surface area (Å²) in [6.45, 7) is 26.5. The van der Waals surface area contributed by atoms with Crippen molar-refractivity contribution in [1.29, 1.82) is 0 Å². The number of hydrogen-bond acceptors (Lipinski definition) is 5. The first-order valence-electron chi connectivity index (χ1n) is 44.3. The maximum Gasteiger partial charge on any atom is 0.0963 e. The molecule has 22 aromatic rings. The number of aryl methyl sites for hydroxylation is 6. The number of rotatable bonds is 16. The molecule has 3 atom stereocenters. The van der Waals surface area contributed by atoms with Crippen molar-refractivity contribution in [3.05, 3.63) is 379 Å². The summed E-state index contributed by atoms with van der Waals surface area (Å²) in [4.78, 5) is 19.0. The van der Waals surface area contributed by atoms with Gasteiger partial charge in [-0.05, 0) is 247 Å². The molecule has 12 heteroatoms. The van der Waals surface area contributed by atoms with Crippen molar-refractivity contribution < 1.29 is 20.1 Å². The molecule has 0 saturated carbocycles. The Bertz CT molecular complexity index is 7300. The van der Waals surface area contributed by atoms with Crippen molar-refractivity contribution in [3.8, 4) is 50.7 Å². The van der Waals surface area contributed by atoms with Crippen molar-refractivity contribution >= 4 is 115 Å². The van der Waals surface area contributed by atoms with Crippen LogP contribution in [0.5, 0.6) is 0 Å². The Morgan fingerprint density at radius 2 is 0.778 bits per heavy atom. The molecule has 126 heavy (non-hydrogen) atoms. The number of benzene rings is 12. The quantitative estimate of drug-likeness (QED) is 0.0710. The molecule has 0 amide bonds. The zero-order valence-corrected chi connectivity index (χ0v) is 76.1. The van der Waals surface area contributed by atoms with Crippen LogP contribution in [0.1, 0.15) is 111 Å². The van der Waals surface area contributed by atoms with Crippen LogP contribution in [-0.2, 0) is 39.4 Å². The van der Waals surface area contributed by atoms with E-state index < -0.39 is 0 Å². The van der Waals surface area contributed by atoms with Crippen LogP contribution in [-0.4, -0.2) is 52.4 Å². The second-order valence-electron chi connectivity index (χ2n) is 34.4. The van der Waals surface area contributed by atoms with Gasteiger partial charge < -0.3 is 27.7 Å². The van der Waals surface area contributed by atoms with E-state index in [1.54, 1.807) is 0 Å². The Morgan fingerprint density at radius 3 is 1.26 bits per heavy atom. The molecule has 0 saturated heterocycles. The van der Waals surface area contributed by atoms with Gasteiger partial charge in [-0.25, -0.2) is 0 Å². The maximum atomic E-state index is 4.78. The number of aromatic nitrogens is 11. The molecular weight excluding hydrogens is 1720 g/mol. The van der Waals surface area contributed by atoms with Gasteiger partial charge in [0.25, 0.3) is 0 Å². The summed E-state index contributed by atoms with van der Waals surface area (Å²) >= 11 is 0. The van der Waals surface area contributed by atoms with Crippen LogP contribution >= 0.6 is 0 Å². The molecule has 0 aliphatic heterocycles. The standard InChI is InChI=1S/C41H34N2.C33H28N4.C22H25N2.C18H16N3.Ir/c1-3-28(2)24-29-20-22-30(23-21-29)31-25-32(42-38-16-8-4-12-34(38)35-13-5-9-17-39(35)42)27-33(26-31)43-40-18-10-6-14-36(40)37-15-7-11-19-41(37)43;1-3-22(2)18-23-19-24(36-28-12-6-4-10-26(28)32-30(36)14-8-16-34-32)21-25(20-23)37-29-13-7-5-11-27(29)33-31(37)15-9-17-35-33;1-5-16(2)11-19-12-17(3)22(18(4)13-19)20-14-23-24(15-20)21-9-7-6-8-10-21;1-10-5-6-11(2)17-15(10)16-14(8-7-12(3)19-16)18-20-13(4)9-21(17)18;/h4-23,25-28H,3,24H2,1-2H3;4-17,19-22H,3,18H2,1-2H3;6-9,12-16H,5,11H2,1-4H3;5-7,9H,1-4H3;/q;;2*-1;. The molecular formula is C114H103IrN11-2. The van der Waals surface area contributed by atoms with E-state index >= 15 is 0 Å². The fourth-order valence-electron chi connectivity index (χ4n) is 18.9. The van der Waals surface area contributed by atoms with Crippen molar-refractivity contribution in [1.82, 2.24) is 52.4 Å².